The summed E-state index contributed by atoms with van der Waals surface area (Å²) in [6.07, 6.45) is -1.34. The van der Waals surface area contributed by atoms with Crippen LogP contribution in [0.15, 0.2) is 158 Å². The van der Waals surface area contributed by atoms with Gasteiger partial charge in [0.15, 0.2) is 12.2 Å². The summed E-state index contributed by atoms with van der Waals surface area (Å²) in [6.45, 7) is 3.47. The second-order valence-electron chi connectivity index (χ2n) is 12.1. The molecule has 0 fully saturated rings. The fourth-order valence-corrected chi connectivity index (χ4v) is 6.63. The number of ether oxygens (including phenoxy) is 2. The molecule has 0 bridgehead atoms. The molecule has 0 saturated heterocycles. The molecule has 2 amide bonds. The lowest BCUT2D eigenvalue weighted by Gasteiger charge is -2.34. The van der Waals surface area contributed by atoms with Gasteiger partial charge in [-0.2, -0.15) is 0 Å². The minimum atomic E-state index is -0.672. The minimum Gasteiger partial charge on any atom is -0.481 e. The normalized spacial score (nSPS) is 13.7. The van der Waals surface area contributed by atoms with Gasteiger partial charge in [0, 0.05) is 11.4 Å². The molecule has 2 N–H and O–H groups in total. The Balaban J connectivity index is 1.19. The first-order valence-corrected chi connectivity index (χ1v) is 16.4. The third-order valence-electron chi connectivity index (χ3n) is 8.97. The van der Waals surface area contributed by atoms with Gasteiger partial charge in [0.25, 0.3) is 11.8 Å². The lowest BCUT2D eigenvalue weighted by molar-refractivity contribution is -0.122. The highest BCUT2D eigenvalue weighted by Gasteiger charge is 2.45. The zero-order valence-electron chi connectivity index (χ0n) is 27.3. The van der Waals surface area contributed by atoms with Crippen LogP contribution in [0.3, 0.4) is 0 Å². The summed E-state index contributed by atoms with van der Waals surface area (Å²) in [4.78, 5) is 26.1. The second kappa shape index (κ2) is 13.5. The van der Waals surface area contributed by atoms with Crippen molar-refractivity contribution in [2.24, 2.45) is 0 Å². The molecule has 0 radical (unpaired) electrons. The van der Waals surface area contributed by atoms with E-state index in [0.717, 1.165) is 11.1 Å². The van der Waals surface area contributed by atoms with Crippen molar-refractivity contribution in [3.63, 3.8) is 0 Å². The van der Waals surface area contributed by atoms with Crippen LogP contribution in [0.2, 0.25) is 0 Å². The third kappa shape index (κ3) is 6.17. The van der Waals surface area contributed by atoms with E-state index >= 15 is 0 Å². The van der Waals surface area contributed by atoms with Crippen LogP contribution in [0.4, 0.5) is 11.4 Å². The van der Waals surface area contributed by atoms with Gasteiger partial charge in [0.1, 0.15) is 11.5 Å². The van der Waals surface area contributed by atoms with Crippen LogP contribution in [-0.2, 0) is 15.0 Å². The van der Waals surface area contributed by atoms with Crippen LogP contribution in [0, 0.1) is 0 Å². The average molecular weight is 645 g/mol. The van der Waals surface area contributed by atoms with E-state index < -0.39 is 17.6 Å². The summed E-state index contributed by atoms with van der Waals surface area (Å²) in [7, 11) is 0. The van der Waals surface area contributed by atoms with Gasteiger partial charge in [-0.25, -0.2) is 0 Å². The number of carbonyl (C=O) groups is 2. The van der Waals surface area contributed by atoms with E-state index in [1.54, 1.807) is 13.8 Å². The number of rotatable bonds is 10. The first-order valence-electron chi connectivity index (χ1n) is 16.4. The standard InChI is InChI=1S/C43H36N2O4/c1-29(48-35-13-5-3-6-14-35)41(46)44-33-25-21-31(22-26-33)43(39-19-11-9-17-37(39)38-18-10-12-20-40(38)43)32-23-27-34(28-24-32)45-42(47)30(2)49-36-15-7-4-8-16-36/h3-30H,1-2H3,(H,44,46)(H,45,47)/t29-,30-/m0/s1. The van der Waals surface area contributed by atoms with E-state index in [0.29, 0.717) is 22.9 Å². The van der Waals surface area contributed by atoms with Gasteiger partial charge in [-0.15, -0.1) is 0 Å². The number of nitrogens with one attached hydrogen (secondary N) is 2. The van der Waals surface area contributed by atoms with Crippen LogP contribution < -0.4 is 20.1 Å². The quantitative estimate of drug-likeness (QED) is 0.156. The summed E-state index contributed by atoms with van der Waals surface area (Å²) in [6, 6.07) is 51.7. The van der Waals surface area contributed by atoms with E-state index in [1.165, 1.54) is 22.3 Å². The molecule has 242 valence electrons. The second-order valence-corrected chi connectivity index (χ2v) is 12.1. The molecule has 0 saturated carbocycles. The zero-order chi connectivity index (χ0) is 33.8. The van der Waals surface area contributed by atoms with Gasteiger partial charge in [-0.05, 0) is 95.8 Å². The summed E-state index contributed by atoms with van der Waals surface area (Å²) in [5.74, 6) is 0.816. The maximum atomic E-state index is 13.0. The van der Waals surface area contributed by atoms with E-state index in [1.807, 2.05) is 84.9 Å². The van der Waals surface area contributed by atoms with Crippen molar-refractivity contribution < 1.29 is 19.1 Å². The van der Waals surface area contributed by atoms with E-state index in [2.05, 4.69) is 83.4 Å². The fourth-order valence-electron chi connectivity index (χ4n) is 6.63. The Morgan fingerprint density at radius 3 is 1.20 bits per heavy atom. The fraction of sp³-hybridized carbons (Fsp3) is 0.116. The predicted molar refractivity (Wildman–Crippen MR) is 194 cm³/mol. The highest BCUT2D eigenvalue weighted by atomic mass is 16.5. The number of amides is 2. The summed E-state index contributed by atoms with van der Waals surface area (Å²) in [5, 5.41) is 6.01. The molecule has 49 heavy (non-hydrogen) atoms. The van der Waals surface area contributed by atoms with Crippen molar-refractivity contribution in [1.82, 2.24) is 0 Å². The van der Waals surface area contributed by atoms with Crippen molar-refractivity contribution in [3.8, 4) is 22.6 Å². The molecule has 6 aromatic carbocycles. The zero-order valence-corrected chi connectivity index (χ0v) is 27.3. The Labute approximate surface area is 286 Å². The van der Waals surface area contributed by atoms with Gasteiger partial charge < -0.3 is 20.1 Å². The molecule has 6 aromatic rings. The molecule has 0 unspecified atom stereocenters. The first-order chi connectivity index (χ1) is 23.9. The molecule has 2 atom stereocenters. The lowest BCUT2D eigenvalue weighted by atomic mass is 9.67. The maximum absolute atomic E-state index is 13.0. The van der Waals surface area contributed by atoms with Crippen LogP contribution in [0.5, 0.6) is 11.5 Å². The number of anilines is 2. The Kier molecular flexibility index (Phi) is 8.69. The molecule has 6 nitrogen and oxygen atoms in total. The SMILES string of the molecule is C[C@H](Oc1ccccc1)C(=O)Nc1ccc(C2(c3ccc(NC(=O)[C@H](C)Oc4ccccc4)cc3)c3ccccc3-c3ccccc32)cc1. The molecule has 0 spiro atoms. The van der Waals surface area contributed by atoms with Gasteiger partial charge in [-0.1, -0.05) is 109 Å². The molecule has 1 aliphatic rings. The lowest BCUT2D eigenvalue weighted by Crippen LogP contribution is -2.31. The Bertz CT molecular complexity index is 1930. The van der Waals surface area contributed by atoms with Crippen LogP contribution in [-0.4, -0.2) is 24.0 Å². The highest BCUT2D eigenvalue weighted by molar-refractivity contribution is 5.95. The highest BCUT2D eigenvalue weighted by Crippen LogP contribution is 2.56. The summed E-state index contributed by atoms with van der Waals surface area (Å²) >= 11 is 0. The maximum Gasteiger partial charge on any atom is 0.265 e. The van der Waals surface area contributed by atoms with Crippen LogP contribution in [0.1, 0.15) is 36.1 Å². The van der Waals surface area contributed by atoms with Crippen molar-refractivity contribution in [3.05, 3.63) is 180 Å². The van der Waals surface area contributed by atoms with Gasteiger partial charge in [0.05, 0.1) is 5.41 Å². The van der Waals surface area contributed by atoms with Gasteiger partial charge >= 0.3 is 0 Å². The number of benzene rings is 6. The Morgan fingerprint density at radius 2 is 0.816 bits per heavy atom. The van der Waals surface area contributed by atoms with E-state index in [-0.39, 0.29) is 11.8 Å². The molecule has 7 rings (SSSR count). The largest absolute Gasteiger partial charge is 0.481 e. The number of hydrogen-bond acceptors (Lipinski definition) is 4. The first kappa shape index (κ1) is 31.5. The number of carbonyl (C=O) groups excluding carboxylic acids is 2. The molecule has 1 aliphatic carbocycles. The molecular formula is C43H36N2O4. The molecule has 6 heteroatoms. The number of hydrogen-bond donors (Lipinski definition) is 2. The molecule has 0 heterocycles. The van der Waals surface area contributed by atoms with Crippen molar-refractivity contribution >= 4 is 23.2 Å². The van der Waals surface area contributed by atoms with Crippen molar-refractivity contribution in [2.75, 3.05) is 10.6 Å². The van der Waals surface area contributed by atoms with Crippen LogP contribution in [0.25, 0.3) is 11.1 Å². The smallest absolute Gasteiger partial charge is 0.265 e. The van der Waals surface area contributed by atoms with E-state index in [4.69, 9.17) is 9.47 Å². The Morgan fingerprint density at radius 1 is 0.469 bits per heavy atom. The molecule has 0 aliphatic heterocycles. The third-order valence-corrected chi connectivity index (χ3v) is 8.97. The molecule has 0 aromatic heterocycles. The monoisotopic (exact) mass is 644 g/mol. The minimum absolute atomic E-state index is 0.232. The number of para-hydroxylation sites is 2. The summed E-state index contributed by atoms with van der Waals surface area (Å²) < 4.78 is 11.7. The number of fused-ring (bicyclic) bond motifs is 3. The van der Waals surface area contributed by atoms with Crippen LogP contribution >= 0.6 is 0 Å². The van der Waals surface area contributed by atoms with Crippen molar-refractivity contribution in [2.45, 2.75) is 31.5 Å². The van der Waals surface area contributed by atoms with E-state index in [9.17, 15) is 9.59 Å². The predicted octanol–water partition coefficient (Wildman–Crippen LogP) is 8.86. The topological polar surface area (TPSA) is 76.7 Å². The average Bonchev–Trinajstić information content (AvgIpc) is 3.44. The van der Waals surface area contributed by atoms with Gasteiger partial charge in [0.2, 0.25) is 0 Å². The van der Waals surface area contributed by atoms with Crippen molar-refractivity contribution in [1.29, 1.82) is 0 Å². The summed E-state index contributed by atoms with van der Waals surface area (Å²) in [5.41, 5.74) is 7.51. The van der Waals surface area contributed by atoms with Gasteiger partial charge in [-0.3, -0.25) is 9.59 Å². The Hall–Kier alpha value is -6.14. The molecular weight excluding hydrogens is 608 g/mol.